The first-order chi connectivity index (χ1) is 9.51. The first-order valence-electron chi connectivity index (χ1n) is 6.32. The number of likely N-dealkylation sites (N-methyl/N-ethyl adjacent to an activating group) is 2. The van der Waals surface area contributed by atoms with Gasteiger partial charge in [-0.3, -0.25) is 9.59 Å². The van der Waals surface area contributed by atoms with Gasteiger partial charge in [0, 0.05) is 24.7 Å². The van der Waals surface area contributed by atoms with Crippen LogP contribution in [-0.4, -0.2) is 36.9 Å². The molecule has 1 heterocycles. The Balaban J connectivity index is 2.16. The van der Waals surface area contributed by atoms with Gasteiger partial charge in [-0.15, -0.1) is 0 Å². The number of benzene rings is 1. The smallest absolute Gasteiger partial charge is 0.289 e. The highest BCUT2D eigenvalue weighted by Gasteiger charge is 2.18. The first-order valence-corrected chi connectivity index (χ1v) is 6.32. The number of anilines is 1. The fourth-order valence-electron chi connectivity index (χ4n) is 1.90. The summed E-state index contributed by atoms with van der Waals surface area (Å²) < 4.78 is 5.47. The summed E-state index contributed by atoms with van der Waals surface area (Å²) in [7, 11) is 1.55. The number of hydrogen-bond donors (Lipinski definition) is 2. The minimum Gasteiger partial charge on any atom is -0.451 e. The second kappa shape index (κ2) is 5.64. The zero-order valence-corrected chi connectivity index (χ0v) is 11.5. The summed E-state index contributed by atoms with van der Waals surface area (Å²) in [6, 6.07) is 6.78. The summed E-state index contributed by atoms with van der Waals surface area (Å²) in [6.45, 7) is 2.35. The van der Waals surface area contributed by atoms with Crippen molar-refractivity contribution in [2.24, 2.45) is 0 Å². The second-order valence-corrected chi connectivity index (χ2v) is 4.52. The molecule has 106 valence electrons. The lowest BCUT2D eigenvalue weighted by Crippen LogP contribution is -2.38. The number of carbonyl (C=O) groups excluding carboxylic acids is 2. The predicted molar refractivity (Wildman–Crippen MR) is 76.3 cm³/mol. The molecule has 0 fully saturated rings. The van der Waals surface area contributed by atoms with Crippen molar-refractivity contribution in [1.29, 1.82) is 0 Å². The molecule has 20 heavy (non-hydrogen) atoms. The van der Waals surface area contributed by atoms with E-state index in [-0.39, 0.29) is 24.1 Å². The van der Waals surface area contributed by atoms with Crippen molar-refractivity contribution in [3.05, 3.63) is 30.0 Å². The van der Waals surface area contributed by atoms with Crippen molar-refractivity contribution in [3.63, 3.8) is 0 Å². The van der Waals surface area contributed by atoms with Gasteiger partial charge < -0.3 is 20.4 Å². The van der Waals surface area contributed by atoms with Crippen LogP contribution in [0.1, 0.15) is 17.5 Å². The summed E-state index contributed by atoms with van der Waals surface area (Å²) in [4.78, 5) is 24.9. The Hall–Kier alpha value is -2.50. The summed E-state index contributed by atoms with van der Waals surface area (Å²) in [5.41, 5.74) is 6.87. The molecular formula is C14H17N3O3. The highest BCUT2D eigenvalue weighted by atomic mass is 16.3. The number of carbonyl (C=O) groups is 2. The standard InChI is InChI=1S/C14H17N3O3/c1-3-16-13(18)8-17(2)14(19)12-7-9-6-10(15)4-5-11(9)20-12/h4-7H,3,8,15H2,1-2H3,(H,16,18). The molecule has 3 N–H and O–H groups in total. The normalized spacial score (nSPS) is 10.5. The van der Waals surface area contributed by atoms with Gasteiger partial charge in [-0.25, -0.2) is 0 Å². The maximum Gasteiger partial charge on any atom is 0.289 e. The molecule has 0 aliphatic heterocycles. The monoisotopic (exact) mass is 275 g/mol. The first kappa shape index (κ1) is 13.9. The van der Waals surface area contributed by atoms with Crippen LogP contribution in [0, 0.1) is 0 Å². The van der Waals surface area contributed by atoms with E-state index in [1.165, 1.54) is 4.90 Å². The number of rotatable bonds is 4. The molecule has 0 unspecified atom stereocenters. The molecule has 0 spiro atoms. The van der Waals surface area contributed by atoms with Crippen LogP contribution in [0.3, 0.4) is 0 Å². The van der Waals surface area contributed by atoms with Crippen LogP contribution in [0.5, 0.6) is 0 Å². The Morgan fingerprint density at radius 2 is 2.10 bits per heavy atom. The van der Waals surface area contributed by atoms with E-state index < -0.39 is 0 Å². The van der Waals surface area contributed by atoms with E-state index in [2.05, 4.69) is 5.32 Å². The minimum atomic E-state index is -0.342. The lowest BCUT2D eigenvalue weighted by molar-refractivity contribution is -0.121. The van der Waals surface area contributed by atoms with Crippen LogP contribution < -0.4 is 11.1 Å². The number of fused-ring (bicyclic) bond motifs is 1. The molecule has 1 aromatic carbocycles. The molecule has 0 bridgehead atoms. The molecule has 0 atom stereocenters. The van der Waals surface area contributed by atoms with E-state index in [9.17, 15) is 9.59 Å². The van der Waals surface area contributed by atoms with Crippen molar-refractivity contribution in [1.82, 2.24) is 10.2 Å². The lowest BCUT2D eigenvalue weighted by Gasteiger charge is -2.14. The van der Waals surface area contributed by atoms with Crippen molar-refractivity contribution in [3.8, 4) is 0 Å². The predicted octanol–water partition coefficient (Wildman–Crippen LogP) is 1.22. The Bertz CT molecular complexity index is 648. The lowest BCUT2D eigenvalue weighted by atomic mass is 10.2. The third-order valence-corrected chi connectivity index (χ3v) is 2.85. The highest BCUT2D eigenvalue weighted by molar-refractivity contribution is 5.98. The maximum absolute atomic E-state index is 12.2. The number of furan rings is 1. The molecule has 2 aromatic rings. The third-order valence-electron chi connectivity index (χ3n) is 2.85. The number of amides is 2. The topological polar surface area (TPSA) is 88.6 Å². The van der Waals surface area contributed by atoms with Crippen molar-refractivity contribution in [2.45, 2.75) is 6.92 Å². The van der Waals surface area contributed by atoms with Crippen LogP contribution in [0.2, 0.25) is 0 Å². The number of hydrogen-bond acceptors (Lipinski definition) is 4. The molecule has 6 heteroatoms. The molecule has 0 radical (unpaired) electrons. The number of nitrogens with one attached hydrogen (secondary N) is 1. The van der Waals surface area contributed by atoms with Gasteiger partial charge in [0.15, 0.2) is 5.76 Å². The quantitative estimate of drug-likeness (QED) is 0.821. The van der Waals surface area contributed by atoms with E-state index in [0.717, 1.165) is 5.39 Å². The second-order valence-electron chi connectivity index (χ2n) is 4.52. The SMILES string of the molecule is CCNC(=O)CN(C)C(=O)c1cc2cc(N)ccc2o1. The molecule has 0 aliphatic carbocycles. The van der Waals surface area contributed by atoms with Gasteiger partial charge in [-0.2, -0.15) is 0 Å². The molecule has 0 saturated heterocycles. The fourth-order valence-corrected chi connectivity index (χ4v) is 1.90. The van der Waals surface area contributed by atoms with E-state index in [1.807, 2.05) is 6.92 Å². The summed E-state index contributed by atoms with van der Waals surface area (Å²) in [6.07, 6.45) is 0. The van der Waals surface area contributed by atoms with Gasteiger partial charge in [0.2, 0.25) is 5.91 Å². The largest absolute Gasteiger partial charge is 0.451 e. The van der Waals surface area contributed by atoms with Crippen LogP contribution >= 0.6 is 0 Å². The maximum atomic E-state index is 12.2. The van der Waals surface area contributed by atoms with E-state index in [1.54, 1.807) is 31.3 Å². The number of nitrogens with zero attached hydrogens (tertiary/aromatic N) is 1. The van der Waals surface area contributed by atoms with Crippen molar-refractivity contribution < 1.29 is 14.0 Å². The van der Waals surface area contributed by atoms with E-state index in [0.29, 0.717) is 17.8 Å². The van der Waals surface area contributed by atoms with Crippen LogP contribution in [0.15, 0.2) is 28.7 Å². The zero-order valence-electron chi connectivity index (χ0n) is 11.5. The van der Waals surface area contributed by atoms with Gasteiger partial charge in [0.05, 0.1) is 6.54 Å². The Morgan fingerprint density at radius 1 is 1.35 bits per heavy atom. The van der Waals surface area contributed by atoms with Gasteiger partial charge in [0.25, 0.3) is 5.91 Å². The third kappa shape index (κ3) is 2.90. The Morgan fingerprint density at radius 3 is 2.80 bits per heavy atom. The molecule has 6 nitrogen and oxygen atoms in total. The molecule has 2 amide bonds. The Kier molecular flexibility index (Phi) is 3.93. The molecule has 0 aliphatic rings. The summed E-state index contributed by atoms with van der Waals surface area (Å²) in [5, 5.41) is 3.40. The Labute approximate surface area is 116 Å². The average molecular weight is 275 g/mol. The van der Waals surface area contributed by atoms with Crippen LogP contribution in [-0.2, 0) is 4.79 Å². The van der Waals surface area contributed by atoms with Gasteiger partial charge in [-0.05, 0) is 31.2 Å². The molecule has 0 saturated carbocycles. The molecular weight excluding hydrogens is 258 g/mol. The van der Waals surface area contributed by atoms with Gasteiger partial charge in [0.1, 0.15) is 5.58 Å². The van der Waals surface area contributed by atoms with Crippen molar-refractivity contribution in [2.75, 3.05) is 25.9 Å². The fraction of sp³-hybridized carbons (Fsp3) is 0.286. The summed E-state index contributed by atoms with van der Waals surface area (Å²) >= 11 is 0. The molecule has 2 rings (SSSR count). The average Bonchev–Trinajstić information content (AvgIpc) is 2.80. The van der Waals surface area contributed by atoms with Crippen LogP contribution in [0.4, 0.5) is 5.69 Å². The van der Waals surface area contributed by atoms with Gasteiger partial charge >= 0.3 is 0 Å². The number of nitrogen functional groups attached to an aromatic ring is 1. The summed E-state index contributed by atoms with van der Waals surface area (Å²) in [5.74, 6) is -0.355. The zero-order chi connectivity index (χ0) is 14.7. The van der Waals surface area contributed by atoms with Crippen molar-refractivity contribution >= 4 is 28.5 Å². The van der Waals surface area contributed by atoms with Crippen LogP contribution in [0.25, 0.3) is 11.0 Å². The molecule has 1 aromatic heterocycles. The van der Waals surface area contributed by atoms with E-state index >= 15 is 0 Å². The van der Waals surface area contributed by atoms with Gasteiger partial charge in [-0.1, -0.05) is 0 Å². The highest BCUT2D eigenvalue weighted by Crippen LogP contribution is 2.22. The minimum absolute atomic E-state index is 0.00808. The number of nitrogens with two attached hydrogens (primary N) is 1. The van der Waals surface area contributed by atoms with E-state index in [4.69, 9.17) is 10.2 Å².